The van der Waals surface area contributed by atoms with Crippen LogP contribution < -0.4 is 10.2 Å². The molecular weight excluding hydrogens is 957 g/mol. The van der Waals surface area contributed by atoms with Crippen LogP contribution in [-0.4, -0.2) is 6.04 Å². The number of nitrogens with one attached hydrogen (secondary N) is 1. The van der Waals surface area contributed by atoms with E-state index in [1.165, 1.54) is 65.5 Å². The van der Waals surface area contributed by atoms with E-state index in [1.807, 2.05) is 148 Å². The number of para-hydroxylation sites is 3. The minimum absolute atomic E-state index is 0.235. The smallest absolute Gasteiger partial charge is 0.0553 e. The lowest BCUT2D eigenvalue weighted by molar-refractivity contribution is 0.759. The molecule has 388 valence electrons. The van der Waals surface area contributed by atoms with Crippen LogP contribution in [0, 0.1) is 5.92 Å². The molecule has 0 saturated carbocycles. The van der Waals surface area contributed by atoms with Crippen LogP contribution in [0.1, 0.15) is 90.3 Å². The molecule has 0 amide bonds. The predicted molar refractivity (Wildman–Crippen MR) is 341 cm³/mol. The summed E-state index contributed by atoms with van der Waals surface area (Å²) in [6.45, 7) is 16.9. The molecule has 2 heterocycles. The van der Waals surface area contributed by atoms with E-state index in [4.69, 9.17) is 0 Å². The van der Waals surface area contributed by atoms with Crippen molar-refractivity contribution in [2.24, 2.45) is 5.92 Å². The summed E-state index contributed by atoms with van der Waals surface area (Å²) >= 11 is 3.74. The van der Waals surface area contributed by atoms with Crippen molar-refractivity contribution in [2.75, 3.05) is 10.2 Å². The number of allylic oxidation sites excluding steroid dienone is 14. The molecule has 0 spiro atoms. The lowest BCUT2D eigenvalue weighted by Crippen LogP contribution is -2.31. The normalized spacial score (nSPS) is 15.8. The Morgan fingerprint density at radius 3 is 2.03 bits per heavy atom. The van der Waals surface area contributed by atoms with E-state index in [0.717, 1.165) is 49.1 Å². The second-order valence-corrected chi connectivity index (χ2v) is 19.9. The summed E-state index contributed by atoms with van der Waals surface area (Å²) < 4.78 is 1.31. The minimum atomic E-state index is 0.235. The molecule has 76 heavy (non-hydrogen) atoms. The number of anilines is 3. The summed E-state index contributed by atoms with van der Waals surface area (Å²) in [5.41, 5.74) is 12.4. The van der Waals surface area contributed by atoms with E-state index in [1.54, 1.807) is 0 Å². The van der Waals surface area contributed by atoms with Gasteiger partial charge in [0, 0.05) is 48.6 Å². The van der Waals surface area contributed by atoms with Crippen molar-refractivity contribution in [1.82, 2.24) is 0 Å². The van der Waals surface area contributed by atoms with Crippen LogP contribution in [-0.2, 0) is 6.42 Å². The fourth-order valence-corrected chi connectivity index (χ4v) is 11.0. The van der Waals surface area contributed by atoms with Gasteiger partial charge in [-0.25, -0.2) is 0 Å². The summed E-state index contributed by atoms with van der Waals surface area (Å²) in [6, 6.07) is 59.1. The summed E-state index contributed by atoms with van der Waals surface area (Å²) in [6.07, 6.45) is 38.3. The van der Waals surface area contributed by atoms with E-state index in [9.17, 15) is 0 Å². The van der Waals surface area contributed by atoms with Gasteiger partial charge in [0.1, 0.15) is 0 Å². The highest BCUT2D eigenvalue weighted by atomic mass is 32.2. The van der Waals surface area contributed by atoms with Crippen LogP contribution in [0.25, 0.3) is 22.2 Å². The molecule has 4 heteroatoms. The molecule has 0 radical (unpaired) electrons. The Morgan fingerprint density at radius 1 is 0.711 bits per heavy atom. The van der Waals surface area contributed by atoms with Gasteiger partial charge in [-0.2, -0.15) is 0 Å². The minimum Gasteiger partial charge on any atom is -0.356 e. The molecule has 1 N–H and O–H groups in total. The van der Waals surface area contributed by atoms with Crippen LogP contribution in [0.2, 0.25) is 0 Å². The van der Waals surface area contributed by atoms with Crippen LogP contribution in [0.3, 0.4) is 0 Å². The second-order valence-electron chi connectivity index (χ2n) is 17.9. The summed E-state index contributed by atoms with van der Waals surface area (Å²) in [5.74, 6) is 0.235. The molecule has 0 bridgehead atoms. The Morgan fingerprint density at radius 2 is 1.36 bits per heavy atom. The summed E-state index contributed by atoms with van der Waals surface area (Å²) in [4.78, 5) is 5.26. The van der Waals surface area contributed by atoms with Gasteiger partial charge in [0.2, 0.25) is 0 Å². The Bertz CT molecular complexity index is 3040. The fourth-order valence-electron chi connectivity index (χ4n) is 9.00. The van der Waals surface area contributed by atoms with Crippen LogP contribution in [0.4, 0.5) is 17.1 Å². The SMILES string of the molecule is C=CC(=C\C=C(/C)N(c1ccccc1)C1C=CCC=CC1)/C(=C\c1ccc2scc(/C=C\C=CCCC)c2c1)C1C=C2Cc3ccccc3SC2=CC1.CC.CC.c1ccc(Nc2ccccc2)cc1.c1ccccc1. The molecule has 2 unspecified atom stereocenters. The molecule has 2 aliphatic carbocycles. The van der Waals surface area contributed by atoms with Crippen molar-refractivity contribution < 1.29 is 0 Å². The average Bonchev–Trinajstić information content (AvgIpc) is 3.69. The molecule has 2 nitrogen and oxygen atoms in total. The van der Waals surface area contributed by atoms with E-state index >= 15 is 0 Å². The third-order valence-electron chi connectivity index (χ3n) is 12.7. The van der Waals surface area contributed by atoms with E-state index in [-0.39, 0.29) is 12.0 Å². The third kappa shape index (κ3) is 17.6. The number of thiophene rings is 1. The topological polar surface area (TPSA) is 15.3 Å². The highest BCUT2D eigenvalue weighted by Crippen LogP contribution is 2.46. The van der Waals surface area contributed by atoms with Crippen molar-refractivity contribution in [2.45, 2.75) is 91.0 Å². The highest BCUT2D eigenvalue weighted by molar-refractivity contribution is 8.03. The molecule has 3 aliphatic rings. The van der Waals surface area contributed by atoms with Crippen molar-refractivity contribution >= 4 is 62.4 Å². The van der Waals surface area contributed by atoms with Gasteiger partial charge in [-0.05, 0) is 138 Å². The molecule has 0 fully saturated rings. The van der Waals surface area contributed by atoms with Gasteiger partial charge in [0.05, 0.1) is 6.04 Å². The summed E-state index contributed by atoms with van der Waals surface area (Å²) in [5, 5.41) is 6.88. The Balaban J connectivity index is 0.000000336. The first-order valence-electron chi connectivity index (χ1n) is 27.3. The second kappa shape index (κ2) is 32.8. The predicted octanol–water partition coefficient (Wildman–Crippen LogP) is 21.8. The summed E-state index contributed by atoms with van der Waals surface area (Å²) in [7, 11) is 0. The molecule has 6 aromatic carbocycles. The zero-order chi connectivity index (χ0) is 53.6. The van der Waals surface area contributed by atoms with Crippen molar-refractivity contribution in [3.8, 4) is 0 Å². The number of hydrogen-bond acceptors (Lipinski definition) is 4. The van der Waals surface area contributed by atoms with Gasteiger partial charge >= 0.3 is 0 Å². The standard InChI is InChI=1S/C50H49NS2.C12H11N.C6H6.2C2H6/c1-4-6-7-8-12-20-42-36-52-50-30-27-38(33-47(42)50)32-46(40-29-31-49-43(34-40)35-41-19-17-18-25-48(41)53-49)39(5-2)28-26-37(3)51(45-23-15-11-16-24-45)44-21-13-9-10-14-22-44;1-3-7-11(8-4-1)13-12-9-5-2-6-10-12;1-2-4-6-5-3-1;2*1-2/h5,7-9,11-20,22-28,30-34,36,40,44H,2,4,6,10,21,29,35H2,1,3H3;1-10,13H;1-6H;2*1-2H3/b8-7?,20-12-,37-26+,39-28+,46-32+;;;;. The van der Waals surface area contributed by atoms with Crippen LogP contribution in [0.15, 0.2) is 287 Å². The van der Waals surface area contributed by atoms with E-state index in [0.29, 0.717) is 0 Å². The Hall–Kier alpha value is -7.37. The lowest BCUT2D eigenvalue weighted by atomic mass is 9.82. The number of thioether (sulfide) groups is 1. The van der Waals surface area contributed by atoms with Gasteiger partial charge in [-0.15, -0.1) is 11.3 Å². The highest BCUT2D eigenvalue weighted by Gasteiger charge is 2.25. The maximum absolute atomic E-state index is 4.40. The number of unbranched alkanes of at least 4 members (excludes halogenated alkanes) is 1. The first kappa shape index (κ1) is 57.9. The van der Waals surface area contributed by atoms with Crippen molar-refractivity contribution in [3.05, 3.63) is 299 Å². The van der Waals surface area contributed by atoms with Crippen molar-refractivity contribution in [3.63, 3.8) is 0 Å². The fraction of sp³-hybridized carbons (Fsp3) is 0.194. The molecule has 0 saturated heterocycles. The number of rotatable bonds is 14. The average molecular weight is 1040 g/mol. The monoisotopic (exact) mass is 1030 g/mol. The zero-order valence-electron chi connectivity index (χ0n) is 45.7. The molecule has 1 aromatic heterocycles. The van der Waals surface area contributed by atoms with E-state index < -0.39 is 0 Å². The number of nitrogens with zero attached hydrogens (tertiary/aromatic N) is 1. The number of benzene rings is 6. The van der Waals surface area contributed by atoms with Crippen LogP contribution in [0.5, 0.6) is 0 Å². The quantitative estimate of drug-likeness (QED) is 0.0863. The van der Waals surface area contributed by atoms with E-state index in [2.05, 4.69) is 194 Å². The molecular formula is C72H78N2S2. The maximum Gasteiger partial charge on any atom is 0.0553 e. The molecule has 7 aromatic rings. The van der Waals surface area contributed by atoms with Gasteiger partial charge in [-0.3, -0.25) is 0 Å². The largest absolute Gasteiger partial charge is 0.356 e. The molecule has 2 atom stereocenters. The van der Waals surface area contributed by atoms with Gasteiger partial charge < -0.3 is 10.2 Å². The number of hydrogen-bond donors (Lipinski definition) is 1. The molecule has 10 rings (SSSR count). The van der Waals surface area contributed by atoms with Gasteiger partial charge in [-0.1, -0.05) is 254 Å². The van der Waals surface area contributed by atoms with Crippen LogP contribution >= 0.6 is 23.1 Å². The first-order chi connectivity index (χ1) is 37.6. The molecule has 1 aliphatic heterocycles. The van der Waals surface area contributed by atoms with Gasteiger partial charge in [0.25, 0.3) is 0 Å². The Kier molecular flexibility index (Phi) is 25.0. The van der Waals surface area contributed by atoms with Crippen molar-refractivity contribution in [1.29, 1.82) is 0 Å². The lowest BCUT2D eigenvalue weighted by Gasteiger charge is -2.32. The Labute approximate surface area is 465 Å². The zero-order valence-corrected chi connectivity index (χ0v) is 47.3. The number of fused-ring (bicyclic) bond motifs is 3. The third-order valence-corrected chi connectivity index (χ3v) is 14.9. The first-order valence-corrected chi connectivity index (χ1v) is 29.0. The van der Waals surface area contributed by atoms with Gasteiger partial charge in [0.15, 0.2) is 0 Å². The maximum atomic E-state index is 4.40.